The first-order chi connectivity index (χ1) is 6.59. The van der Waals surface area contributed by atoms with Crippen LogP contribution >= 0.6 is 0 Å². The van der Waals surface area contributed by atoms with Crippen LogP contribution in [0.4, 0.5) is 0 Å². The molecule has 0 atom stereocenters. The Bertz CT molecular complexity index is 160. The van der Waals surface area contributed by atoms with E-state index < -0.39 is 0 Å². The summed E-state index contributed by atoms with van der Waals surface area (Å²) in [4.78, 5) is 13.2. The summed E-state index contributed by atoms with van der Waals surface area (Å²) < 4.78 is 4.90. The number of carbonyl (C=O) groups is 1. The number of likely N-dealkylation sites (N-methyl/N-ethyl adjacent to an activating group) is 1. The number of nitrogens with one attached hydrogen (secondary N) is 1. The maximum Gasteiger partial charge on any atom is 0.236 e. The standard InChI is InChI=1S/C10H22N2O2/c1-9(2)12(3)10(13)8-11-6-5-7-14-4/h9,11H,5-8H2,1-4H3. The molecular formula is C10H22N2O2. The zero-order valence-corrected chi connectivity index (χ0v) is 9.67. The summed E-state index contributed by atoms with van der Waals surface area (Å²) in [5.41, 5.74) is 0. The predicted molar refractivity (Wildman–Crippen MR) is 57.3 cm³/mol. The Balaban J connectivity index is 3.44. The van der Waals surface area contributed by atoms with E-state index in [-0.39, 0.29) is 11.9 Å². The van der Waals surface area contributed by atoms with Gasteiger partial charge in [0.05, 0.1) is 6.54 Å². The molecule has 0 bridgehead atoms. The molecule has 0 aliphatic carbocycles. The van der Waals surface area contributed by atoms with Gasteiger partial charge in [0.25, 0.3) is 0 Å². The van der Waals surface area contributed by atoms with Gasteiger partial charge in [-0.2, -0.15) is 0 Å². The smallest absolute Gasteiger partial charge is 0.236 e. The van der Waals surface area contributed by atoms with Crippen molar-refractivity contribution in [2.24, 2.45) is 0 Å². The Kier molecular flexibility index (Phi) is 7.42. The van der Waals surface area contributed by atoms with Gasteiger partial charge in [0.2, 0.25) is 5.91 Å². The number of nitrogens with zero attached hydrogens (tertiary/aromatic N) is 1. The van der Waals surface area contributed by atoms with Crippen LogP contribution in [0, 0.1) is 0 Å². The summed E-state index contributed by atoms with van der Waals surface area (Å²) in [5, 5.41) is 3.08. The Hall–Kier alpha value is -0.610. The molecule has 1 amide bonds. The molecule has 0 aromatic carbocycles. The van der Waals surface area contributed by atoms with Gasteiger partial charge in [0.1, 0.15) is 0 Å². The van der Waals surface area contributed by atoms with Gasteiger partial charge < -0.3 is 15.0 Å². The minimum absolute atomic E-state index is 0.136. The van der Waals surface area contributed by atoms with Gasteiger partial charge in [-0.3, -0.25) is 4.79 Å². The van der Waals surface area contributed by atoms with Gasteiger partial charge in [-0.1, -0.05) is 0 Å². The first-order valence-corrected chi connectivity index (χ1v) is 5.05. The lowest BCUT2D eigenvalue weighted by Gasteiger charge is -2.21. The van der Waals surface area contributed by atoms with E-state index in [4.69, 9.17) is 4.74 Å². The highest BCUT2D eigenvalue weighted by Crippen LogP contribution is 1.92. The molecule has 1 N–H and O–H groups in total. The Labute approximate surface area is 86.6 Å². The van der Waals surface area contributed by atoms with Gasteiger partial charge in [-0.05, 0) is 26.8 Å². The number of ether oxygens (including phenoxy) is 1. The molecule has 0 saturated heterocycles. The molecule has 0 aromatic rings. The lowest BCUT2D eigenvalue weighted by Crippen LogP contribution is -2.39. The summed E-state index contributed by atoms with van der Waals surface area (Å²) >= 11 is 0. The third-order valence-electron chi connectivity index (χ3n) is 2.15. The SMILES string of the molecule is COCCCNCC(=O)N(C)C(C)C. The lowest BCUT2D eigenvalue weighted by atomic mass is 10.3. The van der Waals surface area contributed by atoms with E-state index in [1.807, 2.05) is 20.9 Å². The highest BCUT2D eigenvalue weighted by atomic mass is 16.5. The molecule has 4 nitrogen and oxygen atoms in total. The van der Waals surface area contributed by atoms with Crippen LogP contribution in [0.15, 0.2) is 0 Å². The first-order valence-electron chi connectivity index (χ1n) is 5.05. The van der Waals surface area contributed by atoms with Gasteiger partial charge in [-0.15, -0.1) is 0 Å². The molecule has 0 radical (unpaired) electrons. The first kappa shape index (κ1) is 13.4. The van der Waals surface area contributed by atoms with Crippen molar-refractivity contribution in [2.45, 2.75) is 26.3 Å². The molecule has 4 heteroatoms. The second-order valence-electron chi connectivity index (χ2n) is 3.62. The maximum atomic E-state index is 11.4. The second-order valence-corrected chi connectivity index (χ2v) is 3.62. The van der Waals surface area contributed by atoms with Crippen molar-refractivity contribution < 1.29 is 9.53 Å². The van der Waals surface area contributed by atoms with E-state index in [2.05, 4.69) is 5.32 Å². The summed E-state index contributed by atoms with van der Waals surface area (Å²) in [6.45, 7) is 5.98. The van der Waals surface area contributed by atoms with Crippen LogP contribution in [0.3, 0.4) is 0 Å². The van der Waals surface area contributed by atoms with Crippen molar-refractivity contribution in [1.82, 2.24) is 10.2 Å². The van der Waals surface area contributed by atoms with Crippen molar-refractivity contribution in [3.63, 3.8) is 0 Å². The Morgan fingerprint density at radius 1 is 1.50 bits per heavy atom. The average Bonchev–Trinajstić information content (AvgIpc) is 2.16. The number of carbonyl (C=O) groups excluding carboxylic acids is 1. The van der Waals surface area contributed by atoms with Gasteiger partial charge in [-0.25, -0.2) is 0 Å². The van der Waals surface area contributed by atoms with E-state index in [0.29, 0.717) is 6.54 Å². The van der Waals surface area contributed by atoms with Gasteiger partial charge in [0, 0.05) is 26.8 Å². The normalized spacial score (nSPS) is 10.6. The average molecular weight is 202 g/mol. The van der Waals surface area contributed by atoms with Crippen LogP contribution in [-0.4, -0.2) is 50.7 Å². The molecule has 0 rings (SSSR count). The molecule has 14 heavy (non-hydrogen) atoms. The number of methoxy groups -OCH3 is 1. The Morgan fingerprint density at radius 3 is 2.64 bits per heavy atom. The molecule has 0 unspecified atom stereocenters. The zero-order chi connectivity index (χ0) is 11.0. The topological polar surface area (TPSA) is 41.6 Å². The third-order valence-corrected chi connectivity index (χ3v) is 2.15. The molecule has 0 aliphatic rings. The van der Waals surface area contributed by atoms with Gasteiger partial charge >= 0.3 is 0 Å². The second kappa shape index (κ2) is 7.76. The molecule has 84 valence electrons. The van der Waals surface area contributed by atoms with Crippen LogP contribution in [-0.2, 0) is 9.53 Å². The summed E-state index contributed by atoms with van der Waals surface area (Å²) in [5.74, 6) is 0.136. The van der Waals surface area contributed by atoms with Crippen LogP contribution in [0.5, 0.6) is 0 Å². The molecule has 0 spiro atoms. The van der Waals surface area contributed by atoms with E-state index in [1.54, 1.807) is 12.0 Å². The summed E-state index contributed by atoms with van der Waals surface area (Å²) in [7, 11) is 3.50. The highest BCUT2D eigenvalue weighted by Gasteiger charge is 2.10. The fraction of sp³-hybridized carbons (Fsp3) is 0.900. The third kappa shape index (κ3) is 5.94. The summed E-state index contributed by atoms with van der Waals surface area (Å²) in [6.07, 6.45) is 0.940. The van der Waals surface area contributed by atoms with E-state index in [1.165, 1.54) is 0 Å². The van der Waals surface area contributed by atoms with Crippen LogP contribution in [0.2, 0.25) is 0 Å². The zero-order valence-electron chi connectivity index (χ0n) is 9.67. The van der Waals surface area contributed by atoms with Crippen LogP contribution in [0.1, 0.15) is 20.3 Å². The number of amides is 1. The van der Waals surface area contributed by atoms with Crippen molar-refractivity contribution in [3.05, 3.63) is 0 Å². The van der Waals surface area contributed by atoms with Crippen LogP contribution in [0.25, 0.3) is 0 Å². The van der Waals surface area contributed by atoms with Crippen molar-refractivity contribution >= 4 is 5.91 Å². The highest BCUT2D eigenvalue weighted by molar-refractivity contribution is 5.78. The maximum absolute atomic E-state index is 11.4. The lowest BCUT2D eigenvalue weighted by molar-refractivity contribution is -0.130. The van der Waals surface area contributed by atoms with Crippen LogP contribution < -0.4 is 5.32 Å². The molecule has 0 saturated carbocycles. The number of hydrogen-bond donors (Lipinski definition) is 1. The minimum atomic E-state index is 0.136. The fourth-order valence-electron chi connectivity index (χ4n) is 0.950. The molecule has 0 aromatic heterocycles. The largest absolute Gasteiger partial charge is 0.385 e. The molecule has 0 aliphatic heterocycles. The predicted octanol–water partition coefficient (Wildman–Crippen LogP) is 0.479. The minimum Gasteiger partial charge on any atom is -0.385 e. The van der Waals surface area contributed by atoms with Crippen molar-refractivity contribution in [2.75, 3.05) is 33.9 Å². The quantitative estimate of drug-likeness (QED) is 0.611. The van der Waals surface area contributed by atoms with E-state index in [0.717, 1.165) is 19.6 Å². The van der Waals surface area contributed by atoms with Crippen molar-refractivity contribution in [3.8, 4) is 0 Å². The molecular weight excluding hydrogens is 180 g/mol. The van der Waals surface area contributed by atoms with Gasteiger partial charge in [0.15, 0.2) is 0 Å². The van der Waals surface area contributed by atoms with E-state index in [9.17, 15) is 4.79 Å². The summed E-state index contributed by atoms with van der Waals surface area (Å²) in [6, 6.07) is 0.267. The van der Waals surface area contributed by atoms with Crippen molar-refractivity contribution in [1.29, 1.82) is 0 Å². The Morgan fingerprint density at radius 2 is 2.14 bits per heavy atom. The number of hydrogen-bond acceptors (Lipinski definition) is 3. The molecule has 0 heterocycles. The monoisotopic (exact) mass is 202 g/mol. The number of rotatable bonds is 7. The molecule has 0 fully saturated rings. The fourth-order valence-corrected chi connectivity index (χ4v) is 0.950. The van der Waals surface area contributed by atoms with E-state index >= 15 is 0 Å².